The minimum Gasteiger partial charge on any atom is -0.457 e. The zero-order valence-electron chi connectivity index (χ0n) is 15.9. The van der Waals surface area contributed by atoms with E-state index in [1.807, 2.05) is 36.4 Å². The molecule has 0 N–H and O–H groups in total. The van der Waals surface area contributed by atoms with Crippen molar-refractivity contribution in [3.63, 3.8) is 0 Å². The minimum absolute atomic E-state index is 0.0918. The first kappa shape index (κ1) is 16.7. The second kappa shape index (κ2) is 5.91. The third-order valence-electron chi connectivity index (χ3n) is 5.42. The Kier molecular flexibility index (Phi) is 3.80. The molecule has 0 fully saturated rings. The van der Waals surface area contributed by atoms with E-state index in [-0.39, 0.29) is 11.1 Å². The van der Waals surface area contributed by atoms with Crippen molar-refractivity contribution in [1.82, 2.24) is 0 Å². The Labute approximate surface area is 156 Å². The summed E-state index contributed by atoms with van der Waals surface area (Å²) in [7, 11) is 0. The summed E-state index contributed by atoms with van der Waals surface area (Å²) < 4.78 is 6.07. The fraction of sp³-hybridized carbons (Fsp3) is 0.250. The third-order valence-corrected chi connectivity index (χ3v) is 5.42. The number of fused-ring (bicyclic) bond motifs is 1. The molecule has 132 valence electrons. The van der Waals surface area contributed by atoms with Crippen LogP contribution >= 0.6 is 0 Å². The summed E-state index contributed by atoms with van der Waals surface area (Å²) in [5.74, 6) is 1.71. The first-order valence-corrected chi connectivity index (χ1v) is 9.14. The second-order valence-electron chi connectivity index (χ2n) is 7.91. The topological polar surface area (TPSA) is 12.5 Å². The van der Waals surface area contributed by atoms with Crippen LogP contribution in [0, 0.1) is 0 Å². The second-order valence-corrected chi connectivity index (χ2v) is 7.91. The molecule has 0 atom stereocenters. The van der Waals surface area contributed by atoms with Crippen LogP contribution in [-0.2, 0) is 11.1 Å². The molecule has 2 nitrogen and oxygen atoms in total. The van der Waals surface area contributed by atoms with Gasteiger partial charge in [-0.05, 0) is 63.1 Å². The van der Waals surface area contributed by atoms with Crippen LogP contribution in [0.2, 0.25) is 0 Å². The maximum atomic E-state index is 6.07. The van der Waals surface area contributed by atoms with Gasteiger partial charge < -0.3 is 9.64 Å². The summed E-state index contributed by atoms with van der Waals surface area (Å²) in [4.78, 5) is 2.50. The lowest BCUT2D eigenvalue weighted by molar-refractivity contribution is 0.402. The molecule has 3 aromatic rings. The summed E-state index contributed by atoms with van der Waals surface area (Å²) in [6.45, 7) is 9.19. The van der Waals surface area contributed by atoms with Crippen molar-refractivity contribution in [2.45, 2.75) is 38.8 Å². The Morgan fingerprint density at radius 3 is 1.77 bits per heavy atom. The van der Waals surface area contributed by atoms with Crippen LogP contribution in [0.15, 0.2) is 78.9 Å². The van der Waals surface area contributed by atoms with Crippen molar-refractivity contribution in [2.24, 2.45) is 0 Å². The lowest BCUT2D eigenvalue weighted by Gasteiger charge is -2.43. The molecule has 0 aromatic heterocycles. The highest BCUT2D eigenvalue weighted by Gasteiger charge is 2.48. The van der Waals surface area contributed by atoms with E-state index >= 15 is 0 Å². The van der Waals surface area contributed by atoms with E-state index in [0.29, 0.717) is 0 Å². The standard InChI is InChI=1S/C24H25NO/c1-23(2)21-15-8-9-16-22(21)24(3,4)25(23)18-11-10-14-20(17-18)26-19-12-6-5-7-13-19/h5-17H,1-4H3. The molecule has 0 amide bonds. The number of hydrogen-bond acceptors (Lipinski definition) is 2. The van der Waals surface area contributed by atoms with E-state index in [2.05, 4.69) is 75.1 Å². The minimum atomic E-state index is -0.0918. The predicted octanol–water partition coefficient (Wildman–Crippen LogP) is 6.47. The van der Waals surface area contributed by atoms with Crippen LogP contribution in [0.5, 0.6) is 11.5 Å². The van der Waals surface area contributed by atoms with Gasteiger partial charge >= 0.3 is 0 Å². The van der Waals surface area contributed by atoms with Crippen LogP contribution < -0.4 is 9.64 Å². The number of para-hydroxylation sites is 1. The van der Waals surface area contributed by atoms with Crippen LogP contribution in [0.4, 0.5) is 5.69 Å². The Hall–Kier alpha value is -2.74. The lowest BCUT2D eigenvalue weighted by atomic mass is 9.91. The van der Waals surface area contributed by atoms with Crippen molar-refractivity contribution in [1.29, 1.82) is 0 Å². The largest absolute Gasteiger partial charge is 0.457 e. The van der Waals surface area contributed by atoms with Crippen molar-refractivity contribution in [3.8, 4) is 11.5 Å². The van der Waals surface area contributed by atoms with E-state index in [0.717, 1.165) is 11.5 Å². The molecular formula is C24H25NO. The van der Waals surface area contributed by atoms with Crippen molar-refractivity contribution >= 4 is 5.69 Å². The zero-order chi connectivity index (χ0) is 18.4. The monoisotopic (exact) mass is 343 g/mol. The van der Waals surface area contributed by atoms with Gasteiger partial charge in [0.05, 0.1) is 11.1 Å². The lowest BCUT2D eigenvalue weighted by Crippen LogP contribution is -2.45. The molecule has 1 aliphatic heterocycles. The number of ether oxygens (including phenoxy) is 1. The molecule has 0 unspecified atom stereocenters. The first-order valence-electron chi connectivity index (χ1n) is 9.14. The van der Waals surface area contributed by atoms with E-state index in [4.69, 9.17) is 4.74 Å². The number of nitrogens with zero attached hydrogens (tertiary/aromatic N) is 1. The maximum absolute atomic E-state index is 6.07. The molecule has 0 saturated heterocycles. The van der Waals surface area contributed by atoms with Gasteiger partial charge in [-0.3, -0.25) is 0 Å². The van der Waals surface area contributed by atoms with E-state index in [1.54, 1.807) is 0 Å². The molecule has 3 aromatic carbocycles. The van der Waals surface area contributed by atoms with E-state index < -0.39 is 0 Å². The molecule has 2 heteroatoms. The molecule has 4 rings (SSSR count). The molecule has 0 aliphatic carbocycles. The van der Waals surface area contributed by atoms with Crippen molar-refractivity contribution < 1.29 is 4.74 Å². The van der Waals surface area contributed by atoms with Gasteiger partial charge in [0, 0.05) is 11.8 Å². The first-order chi connectivity index (χ1) is 12.4. The summed E-state index contributed by atoms with van der Waals surface area (Å²) in [6, 6.07) is 27.1. The van der Waals surface area contributed by atoms with Gasteiger partial charge in [-0.25, -0.2) is 0 Å². The Morgan fingerprint density at radius 2 is 1.15 bits per heavy atom. The van der Waals surface area contributed by atoms with Crippen LogP contribution in [-0.4, -0.2) is 0 Å². The van der Waals surface area contributed by atoms with Gasteiger partial charge in [-0.1, -0.05) is 48.5 Å². The zero-order valence-corrected chi connectivity index (χ0v) is 15.9. The summed E-state index contributed by atoms with van der Waals surface area (Å²) >= 11 is 0. The third kappa shape index (κ3) is 2.57. The SMILES string of the molecule is CC1(C)c2ccccc2C(C)(C)N1c1cccc(Oc2ccccc2)c1. The van der Waals surface area contributed by atoms with E-state index in [9.17, 15) is 0 Å². The highest BCUT2D eigenvalue weighted by molar-refractivity contribution is 5.63. The Balaban J connectivity index is 1.75. The van der Waals surface area contributed by atoms with Crippen LogP contribution in [0.25, 0.3) is 0 Å². The molecule has 0 radical (unpaired) electrons. The van der Waals surface area contributed by atoms with Gasteiger partial charge in [0.15, 0.2) is 0 Å². The highest BCUT2D eigenvalue weighted by Crippen LogP contribution is 2.51. The molecular weight excluding hydrogens is 318 g/mol. The van der Waals surface area contributed by atoms with Gasteiger partial charge in [0.2, 0.25) is 0 Å². The fourth-order valence-corrected chi connectivity index (χ4v) is 4.45. The van der Waals surface area contributed by atoms with Crippen LogP contribution in [0.1, 0.15) is 38.8 Å². The van der Waals surface area contributed by atoms with Gasteiger partial charge in [0.25, 0.3) is 0 Å². The Bertz CT molecular complexity index is 893. The quantitative estimate of drug-likeness (QED) is 0.540. The van der Waals surface area contributed by atoms with Crippen molar-refractivity contribution in [2.75, 3.05) is 4.90 Å². The summed E-state index contributed by atoms with van der Waals surface area (Å²) in [5.41, 5.74) is 3.76. The molecule has 0 saturated carbocycles. The van der Waals surface area contributed by atoms with Gasteiger partial charge in [0.1, 0.15) is 11.5 Å². The Morgan fingerprint density at radius 1 is 0.615 bits per heavy atom. The van der Waals surface area contributed by atoms with E-state index in [1.165, 1.54) is 16.8 Å². The number of anilines is 1. The van der Waals surface area contributed by atoms with Crippen molar-refractivity contribution in [3.05, 3.63) is 90.0 Å². The van der Waals surface area contributed by atoms with Gasteiger partial charge in [-0.2, -0.15) is 0 Å². The molecule has 0 spiro atoms. The normalized spacial score (nSPS) is 17.0. The van der Waals surface area contributed by atoms with Gasteiger partial charge in [-0.15, -0.1) is 0 Å². The predicted molar refractivity (Wildman–Crippen MR) is 108 cm³/mol. The fourth-order valence-electron chi connectivity index (χ4n) is 4.45. The number of rotatable bonds is 3. The summed E-state index contributed by atoms with van der Waals surface area (Å²) in [6.07, 6.45) is 0. The number of hydrogen-bond donors (Lipinski definition) is 0. The summed E-state index contributed by atoms with van der Waals surface area (Å²) in [5, 5.41) is 0. The number of benzene rings is 3. The smallest absolute Gasteiger partial charge is 0.129 e. The van der Waals surface area contributed by atoms with Crippen LogP contribution in [0.3, 0.4) is 0 Å². The molecule has 1 aliphatic rings. The average Bonchev–Trinajstić information content (AvgIpc) is 2.78. The molecule has 0 bridgehead atoms. The molecule has 26 heavy (non-hydrogen) atoms. The molecule has 1 heterocycles. The maximum Gasteiger partial charge on any atom is 0.129 e. The highest BCUT2D eigenvalue weighted by atomic mass is 16.5. The average molecular weight is 343 g/mol.